The average molecular weight is 850 g/mol. The van der Waals surface area contributed by atoms with E-state index in [-0.39, 0.29) is 0 Å². The summed E-state index contributed by atoms with van der Waals surface area (Å²) in [6.45, 7) is 4.06. The molecular weight excluding hydrogens is 817 g/mol. The van der Waals surface area contributed by atoms with E-state index in [0.717, 1.165) is 50.3 Å². The van der Waals surface area contributed by atoms with Gasteiger partial charge in [-0.1, -0.05) is 109 Å². The molecule has 7 aromatic carbocycles. The molecule has 0 saturated heterocycles. The first-order valence-electron chi connectivity index (χ1n) is 18.6. The maximum Gasteiger partial charge on any atom is 0.210 e. The number of aryl methyl sites for hydroxylation is 2. The Bertz CT molecular complexity index is 3370. The van der Waals surface area contributed by atoms with Gasteiger partial charge in [-0.2, -0.15) is 0 Å². The van der Waals surface area contributed by atoms with Gasteiger partial charge in [0, 0.05) is 17.3 Å². The second-order valence-corrected chi connectivity index (χ2v) is 18.8. The molecular formula is C46H33BrN4O4S2. The lowest BCUT2D eigenvalue weighted by atomic mass is 9.98. The van der Waals surface area contributed by atoms with Crippen LogP contribution >= 0.6 is 15.9 Å². The molecule has 280 valence electrons. The van der Waals surface area contributed by atoms with E-state index >= 15 is 0 Å². The van der Waals surface area contributed by atoms with E-state index in [1.165, 1.54) is 10.8 Å². The van der Waals surface area contributed by atoms with Crippen LogP contribution in [0.2, 0.25) is 0 Å². The fourth-order valence-electron chi connectivity index (χ4n) is 8.16. The lowest BCUT2D eigenvalue weighted by Crippen LogP contribution is -2.16. The van der Waals surface area contributed by atoms with Crippen molar-refractivity contribution >= 4 is 68.4 Å². The Morgan fingerprint density at radius 2 is 0.947 bits per heavy atom. The van der Waals surface area contributed by atoms with Crippen molar-refractivity contribution in [1.82, 2.24) is 19.1 Å². The second-order valence-electron chi connectivity index (χ2n) is 14.1. The quantitative estimate of drug-likeness (QED) is 0.175. The van der Waals surface area contributed by atoms with Crippen molar-refractivity contribution < 1.29 is 16.8 Å². The van der Waals surface area contributed by atoms with Gasteiger partial charge in [-0.15, -0.1) is 0 Å². The standard InChI is InChI=1S/C31H22N2O2S.C15H11BrN2O2S/c1-2-30-32-26-8-5-9-28-31(26)33(30)27-17-16-25(19-29(27)36(28,34)35)22-12-10-21(11-13-22)24-15-14-20-6-3-4-7-23(20)18-24;1-2-14-17-10-4-3-5-12-15(10)18(14)11-7-6-9(16)8-13(11)21(12,19)20/h3-19H,2H2,1H3;3-8H,2H2,1H3. The highest BCUT2D eigenvalue weighted by atomic mass is 79.9. The van der Waals surface area contributed by atoms with E-state index in [2.05, 4.69) is 81.6 Å². The van der Waals surface area contributed by atoms with Crippen molar-refractivity contribution in [2.75, 3.05) is 0 Å². The predicted octanol–water partition coefficient (Wildman–Crippen LogP) is 10.7. The first kappa shape index (κ1) is 35.5. The molecule has 0 fully saturated rings. The highest BCUT2D eigenvalue weighted by Crippen LogP contribution is 2.42. The molecule has 0 atom stereocenters. The number of rotatable bonds is 4. The number of nitrogens with zero attached hydrogens (tertiary/aromatic N) is 4. The number of aromatic nitrogens is 4. The zero-order chi connectivity index (χ0) is 39.2. The summed E-state index contributed by atoms with van der Waals surface area (Å²) in [4.78, 5) is 10.6. The number of para-hydroxylation sites is 2. The van der Waals surface area contributed by atoms with Crippen molar-refractivity contribution in [1.29, 1.82) is 0 Å². The topological polar surface area (TPSA) is 104 Å². The molecule has 0 N–H and O–H groups in total. The van der Waals surface area contributed by atoms with Crippen molar-refractivity contribution in [2.45, 2.75) is 46.3 Å². The normalized spacial score (nSPS) is 14.2. The summed E-state index contributed by atoms with van der Waals surface area (Å²) in [5.41, 5.74) is 8.27. The van der Waals surface area contributed by atoms with Crippen molar-refractivity contribution in [3.63, 3.8) is 0 Å². The van der Waals surface area contributed by atoms with Gasteiger partial charge in [0.25, 0.3) is 0 Å². The molecule has 8 nitrogen and oxygen atoms in total. The van der Waals surface area contributed by atoms with Crippen LogP contribution in [-0.2, 0) is 32.5 Å². The maximum atomic E-state index is 13.7. The summed E-state index contributed by atoms with van der Waals surface area (Å²) >= 11 is 3.36. The van der Waals surface area contributed by atoms with Gasteiger partial charge in [-0.05, 0) is 93.7 Å². The van der Waals surface area contributed by atoms with E-state index in [4.69, 9.17) is 4.98 Å². The van der Waals surface area contributed by atoms with Crippen LogP contribution in [0.15, 0.2) is 164 Å². The van der Waals surface area contributed by atoms with E-state index in [1.54, 1.807) is 36.4 Å². The van der Waals surface area contributed by atoms with Crippen LogP contribution < -0.4 is 0 Å². The van der Waals surface area contributed by atoms with Gasteiger partial charge in [0.2, 0.25) is 19.7 Å². The van der Waals surface area contributed by atoms with Crippen LogP contribution in [0.1, 0.15) is 25.5 Å². The molecule has 0 bridgehead atoms. The fourth-order valence-corrected chi connectivity index (χ4v) is 12.0. The third kappa shape index (κ3) is 5.44. The molecule has 0 aliphatic carbocycles. The molecule has 0 amide bonds. The van der Waals surface area contributed by atoms with E-state index in [0.29, 0.717) is 53.9 Å². The number of hydrogen-bond donors (Lipinski definition) is 0. The molecule has 9 aromatic rings. The van der Waals surface area contributed by atoms with Crippen LogP contribution in [-0.4, -0.2) is 35.9 Å². The van der Waals surface area contributed by atoms with Crippen LogP contribution in [0.5, 0.6) is 0 Å². The second kappa shape index (κ2) is 13.1. The molecule has 0 spiro atoms. The number of hydrogen-bond acceptors (Lipinski definition) is 6. The van der Waals surface area contributed by atoms with Gasteiger partial charge in [-0.25, -0.2) is 26.8 Å². The van der Waals surface area contributed by atoms with Gasteiger partial charge < -0.3 is 0 Å². The van der Waals surface area contributed by atoms with E-state index in [1.807, 2.05) is 65.4 Å². The lowest BCUT2D eigenvalue weighted by molar-refractivity contribution is 0.592. The van der Waals surface area contributed by atoms with Gasteiger partial charge >= 0.3 is 0 Å². The van der Waals surface area contributed by atoms with Crippen molar-refractivity contribution in [2.24, 2.45) is 0 Å². The fraction of sp³-hybridized carbons (Fsp3) is 0.0870. The minimum absolute atomic E-state index is 0.323. The smallest absolute Gasteiger partial charge is 0.210 e. The van der Waals surface area contributed by atoms with E-state index < -0.39 is 19.7 Å². The number of benzene rings is 7. The average Bonchev–Trinajstić information content (AvgIpc) is 3.81. The summed E-state index contributed by atoms with van der Waals surface area (Å²) in [6, 6.07) is 44.8. The van der Waals surface area contributed by atoms with Gasteiger partial charge in [0.15, 0.2) is 0 Å². The molecule has 11 heteroatoms. The predicted molar refractivity (Wildman–Crippen MR) is 228 cm³/mol. The monoisotopic (exact) mass is 848 g/mol. The first-order chi connectivity index (χ1) is 27.6. The zero-order valence-electron chi connectivity index (χ0n) is 30.8. The Labute approximate surface area is 338 Å². The third-order valence-corrected chi connectivity index (χ3v) is 15.0. The third-order valence-electron chi connectivity index (χ3n) is 10.9. The largest absolute Gasteiger partial charge is 0.294 e. The maximum absolute atomic E-state index is 13.7. The lowest BCUT2D eigenvalue weighted by Gasteiger charge is -2.21. The summed E-state index contributed by atoms with van der Waals surface area (Å²) < 4.78 is 57.8. The summed E-state index contributed by atoms with van der Waals surface area (Å²) in [7, 11) is -7.18. The molecule has 2 aliphatic rings. The number of fused-ring (bicyclic) bond motifs is 5. The summed E-state index contributed by atoms with van der Waals surface area (Å²) in [5, 5.41) is 2.43. The molecule has 11 rings (SSSR count). The highest BCUT2D eigenvalue weighted by molar-refractivity contribution is 9.10. The molecule has 0 unspecified atom stereocenters. The molecule has 0 radical (unpaired) electrons. The number of sulfone groups is 2. The summed E-state index contributed by atoms with van der Waals surface area (Å²) in [6.07, 6.45) is 1.45. The Morgan fingerprint density at radius 3 is 1.51 bits per heavy atom. The van der Waals surface area contributed by atoms with Gasteiger partial charge in [-0.3, -0.25) is 9.13 Å². The molecule has 2 aromatic heterocycles. The Kier molecular flexibility index (Phi) is 8.16. The minimum Gasteiger partial charge on any atom is -0.294 e. The van der Waals surface area contributed by atoms with Crippen LogP contribution in [0.4, 0.5) is 0 Å². The molecule has 2 aliphatic heterocycles. The number of imidazole rings is 2. The van der Waals surface area contributed by atoms with Crippen LogP contribution in [0.3, 0.4) is 0 Å². The molecule has 57 heavy (non-hydrogen) atoms. The molecule has 4 heterocycles. The Balaban J connectivity index is 0.000000160. The molecule has 0 saturated carbocycles. The summed E-state index contributed by atoms with van der Waals surface area (Å²) in [5.74, 6) is 1.73. The Morgan fingerprint density at radius 1 is 0.474 bits per heavy atom. The zero-order valence-corrected chi connectivity index (χ0v) is 34.0. The van der Waals surface area contributed by atoms with Crippen LogP contribution in [0, 0.1) is 0 Å². The minimum atomic E-state index is -3.67. The Hall–Kier alpha value is -5.88. The van der Waals surface area contributed by atoms with Gasteiger partial charge in [0.1, 0.15) is 11.6 Å². The van der Waals surface area contributed by atoms with Crippen molar-refractivity contribution in [3.8, 4) is 33.6 Å². The van der Waals surface area contributed by atoms with Crippen LogP contribution in [0.25, 0.3) is 66.5 Å². The van der Waals surface area contributed by atoms with E-state index in [9.17, 15) is 16.8 Å². The highest BCUT2D eigenvalue weighted by Gasteiger charge is 2.34. The van der Waals surface area contributed by atoms with Gasteiger partial charge in [0.05, 0.1) is 53.0 Å². The van der Waals surface area contributed by atoms with Crippen molar-refractivity contribution in [3.05, 3.63) is 156 Å². The first-order valence-corrected chi connectivity index (χ1v) is 22.4. The SMILES string of the molecule is CCc1nc2cccc3c2n1-c1ccc(-c2ccc(-c4ccc5ccccc5c4)cc2)cc1S3(=O)=O.CCc1nc2cccc3c2n1-c1ccc(Br)cc1S3(=O)=O. The number of halogens is 1.